The number of rotatable bonds is 1. The van der Waals surface area contributed by atoms with Gasteiger partial charge in [0.1, 0.15) is 0 Å². The summed E-state index contributed by atoms with van der Waals surface area (Å²) in [5.41, 5.74) is 1.65. The summed E-state index contributed by atoms with van der Waals surface area (Å²) in [5.74, 6) is 0. The van der Waals surface area contributed by atoms with E-state index >= 15 is 0 Å². The summed E-state index contributed by atoms with van der Waals surface area (Å²) in [6, 6.07) is 5.59. The van der Waals surface area contributed by atoms with Crippen LogP contribution >= 0.6 is 11.3 Å². The minimum atomic E-state index is 0.734. The molecule has 12 heavy (non-hydrogen) atoms. The van der Waals surface area contributed by atoms with Crippen molar-refractivity contribution in [3.63, 3.8) is 0 Å². The number of fused-ring (bicyclic) bond motifs is 1. The fourth-order valence-corrected chi connectivity index (χ4v) is 2.07. The fraction of sp³-hybridized carbons (Fsp3) is 0.111. The molecule has 0 saturated heterocycles. The van der Waals surface area contributed by atoms with Crippen LogP contribution in [0.4, 0.5) is 0 Å². The molecular weight excluding hydrogens is 170 g/mol. The maximum Gasteiger partial charge on any atom is 0.151 e. The van der Waals surface area contributed by atoms with Crippen molar-refractivity contribution in [3.8, 4) is 0 Å². The minimum absolute atomic E-state index is 0.734. The molecular formula is C9H7NOS. The van der Waals surface area contributed by atoms with Crippen molar-refractivity contribution in [2.45, 2.75) is 6.92 Å². The van der Waals surface area contributed by atoms with E-state index in [9.17, 15) is 4.79 Å². The fourth-order valence-electron chi connectivity index (χ4n) is 1.17. The Hall–Kier alpha value is -1.22. The van der Waals surface area contributed by atoms with Crippen molar-refractivity contribution < 1.29 is 4.79 Å². The number of nitrogens with zero attached hydrogens (tertiary/aromatic N) is 1. The number of hydrogen-bond acceptors (Lipinski definition) is 3. The highest BCUT2D eigenvalue weighted by atomic mass is 32.1. The molecule has 2 nitrogen and oxygen atoms in total. The molecule has 1 aromatic heterocycles. The smallest absolute Gasteiger partial charge is 0.151 e. The molecule has 2 aromatic rings. The van der Waals surface area contributed by atoms with E-state index in [1.54, 1.807) is 11.3 Å². The Bertz CT molecular complexity index is 433. The van der Waals surface area contributed by atoms with E-state index in [2.05, 4.69) is 4.98 Å². The summed E-state index contributed by atoms with van der Waals surface area (Å²) >= 11 is 1.56. The molecule has 0 atom stereocenters. The zero-order chi connectivity index (χ0) is 8.55. The third-order valence-corrected chi connectivity index (χ3v) is 2.72. The maximum atomic E-state index is 10.6. The molecule has 0 aliphatic heterocycles. The molecule has 3 heteroatoms. The Kier molecular flexibility index (Phi) is 1.66. The van der Waals surface area contributed by atoms with Crippen molar-refractivity contribution in [1.29, 1.82) is 0 Å². The van der Waals surface area contributed by atoms with Gasteiger partial charge in [-0.1, -0.05) is 12.1 Å². The molecule has 0 spiro atoms. The van der Waals surface area contributed by atoms with Crippen molar-refractivity contribution in [2.24, 2.45) is 0 Å². The van der Waals surface area contributed by atoms with Gasteiger partial charge in [-0.15, -0.1) is 11.3 Å². The van der Waals surface area contributed by atoms with Crippen molar-refractivity contribution in [2.75, 3.05) is 0 Å². The van der Waals surface area contributed by atoms with Gasteiger partial charge in [0.2, 0.25) is 0 Å². The third kappa shape index (κ3) is 1.02. The lowest BCUT2D eigenvalue weighted by Crippen LogP contribution is -1.77. The average molecular weight is 177 g/mol. The quantitative estimate of drug-likeness (QED) is 0.626. The molecule has 2 rings (SSSR count). The van der Waals surface area contributed by atoms with Crippen LogP contribution in [0.5, 0.6) is 0 Å². The normalized spacial score (nSPS) is 10.4. The Balaban J connectivity index is 2.86. The second-order valence-corrected chi connectivity index (χ2v) is 3.75. The van der Waals surface area contributed by atoms with Gasteiger partial charge in [0.25, 0.3) is 0 Å². The average Bonchev–Trinajstić information content (AvgIpc) is 2.44. The van der Waals surface area contributed by atoms with Gasteiger partial charge in [-0.2, -0.15) is 0 Å². The number of aldehydes is 1. The Morgan fingerprint density at radius 1 is 1.50 bits per heavy atom. The summed E-state index contributed by atoms with van der Waals surface area (Å²) < 4.78 is 0.991. The van der Waals surface area contributed by atoms with Gasteiger partial charge in [-0.05, 0) is 13.0 Å². The van der Waals surface area contributed by atoms with Gasteiger partial charge in [-0.3, -0.25) is 4.79 Å². The lowest BCUT2D eigenvalue weighted by Gasteiger charge is -1.89. The Labute approximate surface area is 73.9 Å². The van der Waals surface area contributed by atoms with Gasteiger partial charge < -0.3 is 0 Å². The van der Waals surface area contributed by atoms with E-state index in [0.717, 1.165) is 27.1 Å². The SMILES string of the molecule is Cc1nc2cccc(C=O)c2s1. The summed E-state index contributed by atoms with van der Waals surface area (Å²) in [4.78, 5) is 14.9. The van der Waals surface area contributed by atoms with E-state index in [-0.39, 0.29) is 0 Å². The zero-order valence-electron chi connectivity index (χ0n) is 6.57. The lowest BCUT2D eigenvalue weighted by molar-refractivity contribution is 0.112. The number of aryl methyl sites for hydroxylation is 1. The molecule has 0 bridgehead atoms. The summed E-state index contributed by atoms with van der Waals surface area (Å²) in [6.45, 7) is 1.94. The number of thiazole rings is 1. The maximum absolute atomic E-state index is 10.6. The molecule has 0 aliphatic rings. The van der Waals surface area contributed by atoms with Gasteiger partial charge in [0.15, 0.2) is 6.29 Å². The summed E-state index contributed by atoms with van der Waals surface area (Å²) in [6.07, 6.45) is 0.875. The van der Waals surface area contributed by atoms with Crippen molar-refractivity contribution in [1.82, 2.24) is 4.98 Å². The van der Waals surface area contributed by atoms with Crippen LogP contribution in [-0.4, -0.2) is 11.3 Å². The highest BCUT2D eigenvalue weighted by molar-refractivity contribution is 7.18. The number of carbonyl (C=O) groups excluding carboxylic acids is 1. The first-order chi connectivity index (χ1) is 5.81. The van der Waals surface area contributed by atoms with Crippen LogP contribution in [0, 0.1) is 6.92 Å². The first-order valence-electron chi connectivity index (χ1n) is 3.62. The van der Waals surface area contributed by atoms with Gasteiger partial charge in [0.05, 0.1) is 15.2 Å². The van der Waals surface area contributed by atoms with Crippen LogP contribution in [-0.2, 0) is 0 Å². The number of carbonyl (C=O) groups is 1. The topological polar surface area (TPSA) is 30.0 Å². The molecule has 0 unspecified atom stereocenters. The third-order valence-electron chi connectivity index (χ3n) is 1.68. The second-order valence-electron chi connectivity index (χ2n) is 2.55. The van der Waals surface area contributed by atoms with E-state index in [1.165, 1.54) is 0 Å². The first kappa shape index (κ1) is 7.43. The molecule has 0 aliphatic carbocycles. The van der Waals surface area contributed by atoms with Crippen LogP contribution in [0.3, 0.4) is 0 Å². The molecule has 0 amide bonds. The summed E-state index contributed by atoms with van der Waals surface area (Å²) in [7, 11) is 0. The van der Waals surface area contributed by atoms with Crippen LogP contribution < -0.4 is 0 Å². The number of aromatic nitrogens is 1. The molecule has 0 fully saturated rings. The predicted molar refractivity (Wildman–Crippen MR) is 49.7 cm³/mol. The largest absolute Gasteiger partial charge is 0.298 e. The lowest BCUT2D eigenvalue weighted by atomic mass is 10.2. The standard InChI is InChI=1S/C9H7NOS/c1-6-10-8-4-2-3-7(5-11)9(8)12-6/h2-5H,1H3. The molecule has 0 N–H and O–H groups in total. The highest BCUT2D eigenvalue weighted by Crippen LogP contribution is 2.23. The van der Waals surface area contributed by atoms with E-state index < -0.39 is 0 Å². The molecule has 0 saturated carbocycles. The molecule has 1 aromatic carbocycles. The van der Waals surface area contributed by atoms with E-state index in [4.69, 9.17) is 0 Å². The zero-order valence-corrected chi connectivity index (χ0v) is 7.39. The predicted octanol–water partition coefficient (Wildman–Crippen LogP) is 2.42. The molecule has 1 heterocycles. The minimum Gasteiger partial charge on any atom is -0.298 e. The Morgan fingerprint density at radius 3 is 3.08 bits per heavy atom. The van der Waals surface area contributed by atoms with Gasteiger partial charge >= 0.3 is 0 Å². The number of benzene rings is 1. The van der Waals surface area contributed by atoms with Crippen LogP contribution in [0.1, 0.15) is 15.4 Å². The van der Waals surface area contributed by atoms with Crippen molar-refractivity contribution >= 4 is 27.8 Å². The van der Waals surface area contributed by atoms with Gasteiger partial charge in [0, 0.05) is 5.56 Å². The van der Waals surface area contributed by atoms with Crippen LogP contribution in [0.2, 0.25) is 0 Å². The van der Waals surface area contributed by atoms with Gasteiger partial charge in [-0.25, -0.2) is 4.98 Å². The van der Waals surface area contributed by atoms with Crippen LogP contribution in [0.15, 0.2) is 18.2 Å². The van der Waals surface area contributed by atoms with E-state index in [1.807, 2.05) is 25.1 Å². The first-order valence-corrected chi connectivity index (χ1v) is 4.44. The van der Waals surface area contributed by atoms with E-state index in [0.29, 0.717) is 0 Å². The summed E-state index contributed by atoms with van der Waals surface area (Å²) in [5, 5.41) is 0.999. The number of hydrogen-bond donors (Lipinski definition) is 0. The molecule has 0 radical (unpaired) electrons. The van der Waals surface area contributed by atoms with Crippen molar-refractivity contribution in [3.05, 3.63) is 28.8 Å². The Morgan fingerprint density at radius 2 is 2.33 bits per heavy atom. The monoisotopic (exact) mass is 177 g/mol. The second kappa shape index (κ2) is 2.68. The highest BCUT2D eigenvalue weighted by Gasteiger charge is 2.03. The van der Waals surface area contributed by atoms with Crippen LogP contribution in [0.25, 0.3) is 10.2 Å². The molecule has 60 valence electrons.